The second kappa shape index (κ2) is 7.04. The maximum Gasteiger partial charge on any atom is 0.421 e. The van der Waals surface area contributed by atoms with Gasteiger partial charge < -0.3 is 9.84 Å². The van der Waals surface area contributed by atoms with Crippen molar-refractivity contribution in [2.45, 2.75) is 45.1 Å². The Morgan fingerprint density at radius 1 is 1.35 bits per heavy atom. The monoisotopic (exact) mass is 361 g/mol. The molecule has 134 valence electrons. The molecule has 0 aromatic heterocycles. The number of sulfonamides is 1. The van der Waals surface area contributed by atoms with Crippen LogP contribution in [0.15, 0.2) is 0 Å². The van der Waals surface area contributed by atoms with Gasteiger partial charge in [0.2, 0.25) is 10.0 Å². The van der Waals surface area contributed by atoms with Crippen LogP contribution in [-0.4, -0.2) is 60.4 Å². The highest BCUT2D eigenvalue weighted by atomic mass is 32.2. The first-order chi connectivity index (χ1) is 10.3. The summed E-state index contributed by atoms with van der Waals surface area (Å²) in [6.45, 7) is 2.34. The van der Waals surface area contributed by atoms with Crippen molar-refractivity contribution in [2.24, 2.45) is 5.92 Å². The largest absolute Gasteiger partial charge is 0.464 e. The van der Waals surface area contributed by atoms with Crippen LogP contribution in [0, 0.1) is 5.92 Å². The molecule has 1 fully saturated rings. The highest BCUT2D eigenvalue weighted by molar-refractivity contribution is 7.89. The van der Waals surface area contributed by atoms with Crippen molar-refractivity contribution in [1.29, 1.82) is 0 Å². The number of halogens is 3. The van der Waals surface area contributed by atoms with Gasteiger partial charge >= 0.3 is 12.3 Å². The average Bonchev–Trinajstić information content (AvgIpc) is 2.74. The molecule has 0 spiro atoms. The quantitative estimate of drug-likeness (QED) is 0.772. The molecular formula is C12H18F3NO6S. The standard InChI is InChI=1S/C12H18F3NO6S/c1-7-5-9(22-10(7)8(2)17)6-16(11(18)19)23(20,21)4-3-12(13,14)15/h7,9-10H,3-6H2,1-2H3,(H,18,19). The zero-order valence-corrected chi connectivity index (χ0v) is 13.4. The van der Waals surface area contributed by atoms with E-state index >= 15 is 0 Å². The Balaban J connectivity index is 2.80. The zero-order chi connectivity index (χ0) is 18.0. The van der Waals surface area contributed by atoms with Crippen LogP contribution in [0.3, 0.4) is 0 Å². The van der Waals surface area contributed by atoms with Crippen molar-refractivity contribution in [1.82, 2.24) is 4.31 Å². The molecule has 11 heteroatoms. The van der Waals surface area contributed by atoms with Gasteiger partial charge in [-0.05, 0) is 19.3 Å². The zero-order valence-electron chi connectivity index (χ0n) is 12.5. The van der Waals surface area contributed by atoms with Gasteiger partial charge in [0.15, 0.2) is 5.78 Å². The van der Waals surface area contributed by atoms with Crippen LogP contribution >= 0.6 is 0 Å². The number of Topliss-reactive ketones (excluding diaryl/α,β-unsaturated/α-hetero) is 1. The Morgan fingerprint density at radius 2 is 1.91 bits per heavy atom. The van der Waals surface area contributed by atoms with Gasteiger partial charge in [0, 0.05) is 0 Å². The van der Waals surface area contributed by atoms with Gasteiger partial charge in [-0.15, -0.1) is 0 Å². The number of carbonyl (C=O) groups is 2. The second-order valence-corrected chi connectivity index (χ2v) is 7.51. The maximum absolute atomic E-state index is 12.2. The Bertz CT molecular complexity index is 562. The number of ketones is 1. The van der Waals surface area contributed by atoms with Crippen LogP contribution in [0.1, 0.15) is 26.7 Å². The van der Waals surface area contributed by atoms with E-state index in [1.54, 1.807) is 6.92 Å². The van der Waals surface area contributed by atoms with Crippen LogP contribution in [0.5, 0.6) is 0 Å². The van der Waals surface area contributed by atoms with Crippen molar-refractivity contribution in [2.75, 3.05) is 12.3 Å². The summed E-state index contributed by atoms with van der Waals surface area (Å²) >= 11 is 0. The van der Waals surface area contributed by atoms with Crippen molar-refractivity contribution in [3.63, 3.8) is 0 Å². The smallest absolute Gasteiger partial charge is 0.421 e. The minimum Gasteiger partial charge on any atom is -0.464 e. The molecule has 0 radical (unpaired) electrons. The lowest BCUT2D eigenvalue weighted by Crippen LogP contribution is -2.43. The molecule has 0 bridgehead atoms. The van der Waals surface area contributed by atoms with E-state index < -0.39 is 53.2 Å². The summed E-state index contributed by atoms with van der Waals surface area (Å²) in [6, 6.07) is 0. The highest BCUT2D eigenvalue weighted by Crippen LogP contribution is 2.28. The number of carboxylic acid groups (broad SMARTS) is 1. The lowest BCUT2D eigenvalue weighted by molar-refractivity contribution is -0.130. The lowest BCUT2D eigenvalue weighted by Gasteiger charge is -2.22. The number of hydrogen-bond acceptors (Lipinski definition) is 5. The third-order valence-corrected chi connectivity index (χ3v) is 5.15. The van der Waals surface area contributed by atoms with Gasteiger partial charge in [0.25, 0.3) is 0 Å². The van der Waals surface area contributed by atoms with E-state index in [1.165, 1.54) is 6.92 Å². The summed E-state index contributed by atoms with van der Waals surface area (Å²) in [6.07, 6.45) is -9.63. The molecular weight excluding hydrogens is 343 g/mol. The number of carbonyl (C=O) groups excluding carboxylic acids is 1. The number of alkyl halides is 3. The van der Waals surface area contributed by atoms with Crippen molar-refractivity contribution in [3.05, 3.63) is 0 Å². The second-order valence-electron chi connectivity index (χ2n) is 5.50. The van der Waals surface area contributed by atoms with Crippen LogP contribution in [0.2, 0.25) is 0 Å². The third-order valence-electron chi connectivity index (χ3n) is 3.45. The van der Waals surface area contributed by atoms with Gasteiger partial charge in [-0.3, -0.25) is 4.79 Å². The van der Waals surface area contributed by atoms with Crippen LogP contribution in [0.25, 0.3) is 0 Å². The fourth-order valence-electron chi connectivity index (χ4n) is 2.40. The minimum atomic E-state index is -4.71. The molecule has 1 aliphatic rings. The predicted octanol–water partition coefficient (Wildman–Crippen LogP) is 1.63. The third kappa shape index (κ3) is 5.65. The molecule has 1 saturated heterocycles. The van der Waals surface area contributed by atoms with E-state index in [2.05, 4.69) is 0 Å². The molecule has 0 aliphatic carbocycles. The van der Waals surface area contributed by atoms with Gasteiger partial charge in [0.1, 0.15) is 6.10 Å². The highest BCUT2D eigenvalue weighted by Gasteiger charge is 2.40. The number of rotatable bonds is 6. The minimum absolute atomic E-state index is 0.0430. The normalized spacial score (nSPS) is 25.3. The molecule has 0 aromatic carbocycles. The Kier molecular flexibility index (Phi) is 6.02. The summed E-state index contributed by atoms with van der Waals surface area (Å²) in [4.78, 5) is 22.4. The topological polar surface area (TPSA) is 101 Å². The van der Waals surface area contributed by atoms with Crippen molar-refractivity contribution >= 4 is 21.9 Å². The van der Waals surface area contributed by atoms with Crippen LogP contribution in [0.4, 0.5) is 18.0 Å². The molecule has 3 atom stereocenters. The summed E-state index contributed by atoms with van der Waals surface area (Å²) in [5.74, 6) is -1.87. The Labute approximate surface area is 131 Å². The molecule has 0 saturated carbocycles. The first-order valence-corrected chi connectivity index (χ1v) is 8.40. The predicted molar refractivity (Wildman–Crippen MR) is 72.3 cm³/mol. The average molecular weight is 361 g/mol. The first kappa shape index (κ1) is 19.7. The number of hydrogen-bond donors (Lipinski definition) is 1. The van der Waals surface area contributed by atoms with E-state index in [4.69, 9.17) is 9.84 Å². The van der Waals surface area contributed by atoms with Crippen LogP contribution < -0.4 is 0 Å². The molecule has 1 heterocycles. The fraction of sp³-hybridized carbons (Fsp3) is 0.833. The van der Waals surface area contributed by atoms with Crippen molar-refractivity contribution in [3.8, 4) is 0 Å². The number of nitrogens with zero attached hydrogens (tertiary/aromatic N) is 1. The number of amides is 1. The molecule has 23 heavy (non-hydrogen) atoms. The summed E-state index contributed by atoms with van der Waals surface area (Å²) < 4.78 is 65.4. The summed E-state index contributed by atoms with van der Waals surface area (Å²) in [5, 5.41) is 8.98. The van der Waals surface area contributed by atoms with E-state index in [0.29, 0.717) is 0 Å². The maximum atomic E-state index is 12.2. The molecule has 3 unspecified atom stereocenters. The van der Waals surface area contributed by atoms with Gasteiger partial charge in [-0.25, -0.2) is 17.5 Å². The molecule has 1 rings (SSSR count). The summed E-state index contributed by atoms with van der Waals surface area (Å²) in [7, 11) is -4.65. The van der Waals surface area contributed by atoms with E-state index in [-0.39, 0.29) is 22.4 Å². The first-order valence-electron chi connectivity index (χ1n) is 6.79. The Morgan fingerprint density at radius 3 is 2.30 bits per heavy atom. The molecule has 1 amide bonds. The van der Waals surface area contributed by atoms with Crippen molar-refractivity contribution < 1.29 is 41.0 Å². The molecule has 1 aliphatic heterocycles. The van der Waals surface area contributed by atoms with Gasteiger partial charge in [-0.1, -0.05) is 6.92 Å². The molecule has 1 N–H and O–H groups in total. The Hall–Kier alpha value is -1.36. The van der Waals surface area contributed by atoms with Gasteiger partial charge in [0.05, 0.1) is 24.8 Å². The summed E-state index contributed by atoms with van der Waals surface area (Å²) in [5.41, 5.74) is 0. The van der Waals surface area contributed by atoms with E-state index in [0.717, 1.165) is 0 Å². The molecule has 0 aromatic rings. The van der Waals surface area contributed by atoms with Crippen LogP contribution in [-0.2, 0) is 19.6 Å². The van der Waals surface area contributed by atoms with E-state index in [9.17, 15) is 31.2 Å². The number of ether oxygens (including phenoxy) is 1. The van der Waals surface area contributed by atoms with E-state index in [1.807, 2.05) is 0 Å². The lowest BCUT2D eigenvalue weighted by atomic mass is 9.99. The van der Waals surface area contributed by atoms with Gasteiger partial charge in [-0.2, -0.15) is 13.2 Å². The SMILES string of the molecule is CC(=O)C1OC(CN(C(=O)O)S(=O)(=O)CCC(F)(F)F)CC1C. The molecule has 7 nitrogen and oxygen atoms in total. The fourth-order valence-corrected chi connectivity index (χ4v) is 3.74.